The monoisotopic (exact) mass is 392 g/mol. The molecular formula is C20H16N4O3S. The SMILES string of the molecule is O=C(NCCc1csc2nc(-c3ccccc3)nn12)c1ccc2c(c1)OCO2. The molecule has 4 aromatic rings. The molecule has 1 amide bonds. The first kappa shape index (κ1) is 16.8. The van der Waals surface area contributed by atoms with Crippen LogP contribution in [0.3, 0.4) is 0 Å². The quantitative estimate of drug-likeness (QED) is 0.565. The molecule has 0 radical (unpaired) electrons. The fourth-order valence-corrected chi connectivity index (χ4v) is 3.91. The lowest BCUT2D eigenvalue weighted by Crippen LogP contribution is -2.26. The van der Waals surface area contributed by atoms with E-state index < -0.39 is 0 Å². The van der Waals surface area contributed by atoms with Crippen LogP contribution in [-0.4, -0.2) is 33.8 Å². The van der Waals surface area contributed by atoms with Crippen molar-refractivity contribution in [1.82, 2.24) is 19.9 Å². The van der Waals surface area contributed by atoms with E-state index in [0.29, 0.717) is 35.9 Å². The third-order valence-electron chi connectivity index (χ3n) is 4.48. The number of ether oxygens (including phenoxy) is 2. The van der Waals surface area contributed by atoms with Gasteiger partial charge in [-0.3, -0.25) is 4.79 Å². The van der Waals surface area contributed by atoms with Crippen LogP contribution in [0.1, 0.15) is 16.1 Å². The molecule has 3 heterocycles. The maximum atomic E-state index is 12.4. The maximum absolute atomic E-state index is 12.4. The van der Waals surface area contributed by atoms with Gasteiger partial charge in [0.2, 0.25) is 11.8 Å². The molecule has 0 spiro atoms. The molecule has 0 atom stereocenters. The van der Waals surface area contributed by atoms with Crippen LogP contribution in [-0.2, 0) is 6.42 Å². The van der Waals surface area contributed by atoms with Crippen molar-refractivity contribution in [2.24, 2.45) is 0 Å². The Kier molecular flexibility index (Phi) is 4.17. The minimum absolute atomic E-state index is 0.145. The molecule has 28 heavy (non-hydrogen) atoms. The van der Waals surface area contributed by atoms with E-state index in [1.807, 2.05) is 40.2 Å². The molecule has 8 heteroatoms. The van der Waals surface area contributed by atoms with Gasteiger partial charge in [0.05, 0.1) is 5.69 Å². The van der Waals surface area contributed by atoms with Crippen LogP contribution in [0.2, 0.25) is 0 Å². The van der Waals surface area contributed by atoms with Gasteiger partial charge in [-0.25, -0.2) is 4.52 Å². The van der Waals surface area contributed by atoms with Crippen LogP contribution in [0.15, 0.2) is 53.9 Å². The van der Waals surface area contributed by atoms with Gasteiger partial charge in [-0.05, 0) is 18.2 Å². The van der Waals surface area contributed by atoms with E-state index in [0.717, 1.165) is 16.2 Å². The van der Waals surface area contributed by atoms with E-state index in [1.54, 1.807) is 29.5 Å². The van der Waals surface area contributed by atoms with Gasteiger partial charge in [0.25, 0.3) is 5.91 Å². The van der Waals surface area contributed by atoms with E-state index in [-0.39, 0.29) is 12.7 Å². The highest BCUT2D eigenvalue weighted by Crippen LogP contribution is 2.32. The molecule has 0 aliphatic carbocycles. The minimum Gasteiger partial charge on any atom is -0.454 e. The number of carbonyl (C=O) groups excluding carboxylic acids is 1. The Morgan fingerprint density at radius 1 is 1.14 bits per heavy atom. The smallest absolute Gasteiger partial charge is 0.251 e. The molecule has 5 rings (SSSR count). The normalized spacial score (nSPS) is 12.4. The van der Waals surface area contributed by atoms with E-state index >= 15 is 0 Å². The molecule has 0 bridgehead atoms. The molecule has 0 unspecified atom stereocenters. The average molecular weight is 392 g/mol. The lowest BCUT2D eigenvalue weighted by atomic mass is 10.2. The number of carbonyl (C=O) groups is 1. The third-order valence-corrected chi connectivity index (χ3v) is 5.35. The van der Waals surface area contributed by atoms with Gasteiger partial charge in [-0.2, -0.15) is 4.98 Å². The summed E-state index contributed by atoms with van der Waals surface area (Å²) in [6.07, 6.45) is 0.661. The number of aromatic nitrogens is 3. The number of hydrogen-bond donors (Lipinski definition) is 1. The van der Waals surface area contributed by atoms with E-state index in [4.69, 9.17) is 9.47 Å². The number of rotatable bonds is 5. The lowest BCUT2D eigenvalue weighted by Gasteiger charge is -2.05. The number of fused-ring (bicyclic) bond motifs is 2. The Morgan fingerprint density at radius 3 is 2.89 bits per heavy atom. The Labute approximate surface area is 164 Å². The first-order valence-electron chi connectivity index (χ1n) is 8.84. The van der Waals surface area contributed by atoms with Crippen LogP contribution < -0.4 is 14.8 Å². The summed E-state index contributed by atoms with van der Waals surface area (Å²) in [6.45, 7) is 0.692. The van der Waals surface area contributed by atoms with Crippen LogP contribution in [0.25, 0.3) is 16.3 Å². The molecule has 1 N–H and O–H groups in total. The van der Waals surface area contributed by atoms with Crippen LogP contribution in [0.5, 0.6) is 11.5 Å². The predicted octanol–water partition coefficient (Wildman–Crippen LogP) is 3.16. The van der Waals surface area contributed by atoms with E-state index in [9.17, 15) is 4.79 Å². The average Bonchev–Trinajstić information content (AvgIpc) is 3.44. The van der Waals surface area contributed by atoms with Gasteiger partial charge in [0.15, 0.2) is 17.3 Å². The molecular weight excluding hydrogens is 376 g/mol. The molecule has 0 saturated heterocycles. The third kappa shape index (κ3) is 3.07. The van der Waals surface area contributed by atoms with Crippen molar-refractivity contribution in [2.45, 2.75) is 6.42 Å². The summed E-state index contributed by atoms with van der Waals surface area (Å²) < 4.78 is 12.4. The van der Waals surface area contributed by atoms with Gasteiger partial charge in [0, 0.05) is 29.5 Å². The van der Waals surface area contributed by atoms with Crippen molar-refractivity contribution in [3.63, 3.8) is 0 Å². The fourth-order valence-electron chi connectivity index (χ4n) is 3.05. The Bertz CT molecular complexity index is 1150. The van der Waals surface area contributed by atoms with Crippen molar-refractivity contribution in [3.05, 3.63) is 65.2 Å². The Hall–Kier alpha value is -3.39. The zero-order valence-electron chi connectivity index (χ0n) is 14.8. The second kappa shape index (κ2) is 6.97. The van der Waals surface area contributed by atoms with Gasteiger partial charge >= 0.3 is 0 Å². The molecule has 0 fully saturated rings. The zero-order chi connectivity index (χ0) is 18.9. The number of thiazole rings is 1. The molecule has 0 saturated carbocycles. The highest BCUT2D eigenvalue weighted by molar-refractivity contribution is 7.15. The number of nitrogens with one attached hydrogen (secondary N) is 1. The maximum Gasteiger partial charge on any atom is 0.251 e. The fraction of sp³-hybridized carbons (Fsp3) is 0.150. The van der Waals surface area contributed by atoms with Crippen molar-refractivity contribution < 1.29 is 14.3 Å². The Balaban J connectivity index is 1.26. The highest BCUT2D eigenvalue weighted by atomic mass is 32.1. The predicted molar refractivity (Wildman–Crippen MR) is 105 cm³/mol. The Morgan fingerprint density at radius 2 is 2.00 bits per heavy atom. The van der Waals surface area contributed by atoms with Crippen LogP contribution in [0, 0.1) is 0 Å². The first-order chi connectivity index (χ1) is 13.8. The molecule has 140 valence electrons. The van der Waals surface area contributed by atoms with Gasteiger partial charge in [-0.1, -0.05) is 30.3 Å². The first-order valence-corrected chi connectivity index (χ1v) is 9.72. The van der Waals surface area contributed by atoms with Crippen molar-refractivity contribution >= 4 is 22.2 Å². The number of nitrogens with zero attached hydrogens (tertiary/aromatic N) is 3. The van der Waals surface area contributed by atoms with E-state index in [2.05, 4.69) is 15.4 Å². The van der Waals surface area contributed by atoms with Crippen molar-refractivity contribution in [1.29, 1.82) is 0 Å². The molecule has 1 aliphatic rings. The second-order valence-corrected chi connectivity index (χ2v) is 7.13. The topological polar surface area (TPSA) is 77.8 Å². The van der Waals surface area contributed by atoms with Crippen LogP contribution in [0.4, 0.5) is 0 Å². The summed E-state index contributed by atoms with van der Waals surface area (Å²) in [5, 5.41) is 9.58. The van der Waals surface area contributed by atoms with Crippen molar-refractivity contribution in [3.8, 4) is 22.9 Å². The minimum atomic E-state index is -0.145. The number of benzene rings is 2. The summed E-state index contributed by atoms with van der Waals surface area (Å²) in [4.78, 5) is 17.8. The summed E-state index contributed by atoms with van der Waals surface area (Å²) in [7, 11) is 0. The van der Waals surface area contributed by atoms with Gasteiger partial charge < -0.3 is 14.8 Å². The summed E-state index contributed by atoms with van der Waals surface area (Å²) >= 11 is 1.54. The summed E-state index contributed by atoms with van der Waals surface area (Å²) in [5.41, 5.74) is 2.55. The molecule has 2 aromatic heterocycles. The lowest BCUT2D eigenvalue weighted by molar-refractivity contribution is 0.0953. The zero-order valence-corrected chi connectivity index (χ0v) is 15.6. The van der Waals surface area contributed by atoms with E-state index in [1.165, 1.54) is 0 Å². The molecule has 1 aliphatic heterocycles. The summed E-state index contributed by atoms with van der Waals surface area (Å²) in [5.74, 6) is 1.83. The largest absolute Gasteiger partial charge is 0.454 e. The highest BCUT2D eigenvalue weighted by Gasteiger charge is 2.16. The van der Waals surface area contributed by atoms with Gasteiger partial charge in [-0.15, -0.1) is 16.4 Å². The molecule has 2 aromatic carbocycles. The summed E-state index contributed by atoms with van der Waals surface area (Å²) in [6, 6.07) is 15.1. The van der Waals surface area contributed by atoms with Gasteiger partial charge in [0.1, 0.15) is 0 Å². The number of hydrogen-bond acceptors (Lipinski definition) is 6. The second-order valence-electron chi connectivity index (χ2n) is 6.30. The van der Waals surface area contributed by atoms with Crippen LogP contribution >= 0.6 is 11.3 Å². The molecule has 7 nitrogen and oxygen atoms in total. The number of amides is 1. The standard InChI is InChI=1S/C20H16N4O3S/c25-19(14-6-7-16-17(10-14)27-12-26-16)21-9-8-15-11-28-20-22-18(23-24(15)20)13-4-2-1-3-5-13/h1-7,10-11H,8-9,12H2,(H,21,25). The van der Waals surface area contributed by atoms with Crippen molar-refractivity contribution in [2.75, 3.05) is 13.3 Å².